The number of hydrogen-bond acceptors (Lipinski definition) is 4. The summed E-state index contributed by atoms with van der Waals surface area (Å²) in [5.74, 6) is -0.563. The van der Waals surface area contributed by atoms with Crippen LogP contribution in [0, 0.1) is 0 Å². The van der Waals surface area contributed by atoms with Crippen molar-refractivity contribution in [2.24, 2.45) is 0 Å². The molecule has 0 heterocycles. The lowest BCUT2D eigenvalue weighted by Crippen LogP contribution is -2.11. The van der Waals surface area contributed by atoms with Gasteiger partial charge in [0.15, 0.2) is 0 Å². The molecule has 0 aliphatic carbocycles. The first-order valence-corrected chi connectivity index (χ1v) is 11.7. The number of esters is 2. The molecule has 0 spiro atoms. The van der Waals surface area contributed by atoms with E-state index in [2.05, 4.69) is 6.92 Å². The van der Waals surface area contributed by atoms with E-state index in [-0.39, 0.29) is 0 Å². The van der Waals surface area contributed by atoms with Crippen molar-refractivity contribution in [3.63, 3.8) is 0 Å². The highest BCUT2D eigenvalue weighted by atomic mass is 35.5. The zero-order chi connectivity index (χ0) is 22.3. The molecule has 0 aliphatic rings. The van der Waals surface area contributed by atoms with E-state index in [9.17, 15) is 9.59 Å². The first-order valence-electron chi connectivity index (χ1n) is 11.3. The zero-order valence-corrected chi connectivity index (χ0v) is 19.2. The quantitative estimate of drug-likeness (QED) is 0.170. The van der Waals surface area contributed by atoms with E-state index in [1.165, 1.54) is 57.4 Å². The summed E-state index contributed by atoms with van der Waals surface area (Å²) in [6.45, 7) is 2.63. The molecule has 0 aromatic heterocycles. The summed E-state index contributed by atoms with van der Waals surface area (Å²) >= 11 is 5.83. The smallest absolute Gasteiger partial charge is 0.343 e. The van der Waals surface area contributed by atoms with Gasteiger partial charge in [-0.05, 0) is 48.9 Å². The van der Waals surface area contributed by atoms with Gasteiger partial charge >= 0.3 is 11.9 Å². The molecule has 4 nitrogen and oxygen atoms in total. The maximum Gasteiger partial charge on any atom is 0.343 e. The van der Waals surface area contributed by atoms with Gasteiger partial charge in [-0.3, -0.25) is 0 Å². The minimum atomic E-state index is -0.535. The lowest BCUT2D eigenvalue weighted by Gasteiger charge is -2.07. The SMILES string of the molecule is CCCCCCCCCCCCOC(=O)c1cccc(C(=O)Oc2ccc(Cl)cc2)c1. The summed E-state index contributed by atoms with van der Waals surface area (Å²) in [5, 5.41) is 0.562. The fraction of sp³-hybridized carbons (Fsp3) is 0.462. The Balaban J connectivity index is 1.66. The molecule has 168 valence electrons. The zero-order valence-electron chi connectivity index (χ0n) is 18.4. The second kappa shape index (κ2) is 14.6. The minimum absolute atomic E-state index is 0.295. The molecular weight excluding hydrogens is 412 g/mol. The molecule has 0 saturated heterocycles. The Labute approximate surface area is 190 Å². The maximum atomic E-state index is 12.3. The lowest BCUT2D eigenvalue weighted by molar-refractivity contribution is 0.0497. The van der Waals surface area contributed by atoms with Gasteiger partial charge in [0.25, 0.3) is 0 Å². The van der Waals surface area contributed by atoms with Gasteiger partial charge in [-0.25, -0.2) is 9.59 Å². The van der Waals surface area contributed by atoms with Crippen LogP contribution in [0.2, 0.25) is 5.02 Å². The van der Waals surface area contributed by atoms with Gasteiger partial charge in [0, 0.05) is 5.02 Å². The number of unbranched alkanes of at least 4 members (excludes halogenated alkanes) is 9. The van der Waals surface area contributed by atoms with Crippen LogP contribution in [-0.4, -0.2) is 18.5 Å². The molecule has 2 aromatic rings. The summed E-state index contributed by atoms with van der Waals surface area (Å²) < 4.78 is 10.7. The number of carbonyl (C=O) groups excluding carboxylic acids is 2. The highest BCUT2D eigenvalue weighted by Crippen LogP contribution is 2.18. The van der Waals surface area contributed by atoms with E-state index in [4.69, 9.17) is 21.1 Å². The summed E-state index contributed by atoms with van der Waals surface area (Å²) in [7, 11) is 0. The van der Waals surface area contributed by atoms with Crippen LogP contribution in [0.15, 0.2) is 48.5 Å². The number of halogens is 1. The topological polar surface area (TPSA) is 52.6 Å². The average Bonchev–Trinajstić information content (AvgIpc) is 2.79. The van der Waals surface area contributed by atoms with Crippen molar-refractivity contribution in [2.45, 2.75) is 71.1 Å². The maximum absolute atomic E-state index is 12.3. The Morgan fingerprint density at radius 2 is 1.29 bits per heavy atom. The van der Waals surface area contributed by atoms with E-state index in [1.807, 2.05) is 0 Å². The van der Waals surface area contributed by atoms with Crippen molar-refractivity contribution < 1.29 is 19.1 Å². The van der Waals surface area contributed by atoms with Crippen LogP contribution in [0.25, 0.3) is 0 Å². The standard InChI is InChI=1S/C26H33ClO4/c1-2-3-4-5-6-7-8-9-10-11-19-30-25(28)21-13-12-14-22(20-21)26(29)31-24-17-15-23(27)16-18-24/h12-18,20H,2-11,19H2,1H3. The monoisotopic (exact) mass is 444 g/mol. The molecule has 0 saturated carbocycles. The van der Waals surface area contributed by atoms with Crippen LogP contribution in [0.5, 0.6) is 5.75 Å². The molecular formula is C26H33ClO4. The molecule has 0 aliphatic heterocycles. The van der Waals surface area contributed by atoms with E-state index < -0.39 is 11.9 Å². The predicted octanol–water partition coefficient (Wildman–Crippen LogP) is 7.64. The normalized spacial score (nSPS) is 10.6. The minimum Gasteiger partial charge on any atom is -0.462 e. The van der Waals surface area contributed by atoms with E-state index in [0.717, 1.165) is 12.8 Å². The van der Waals surface area contributed by atoms with Crippen LogP contribution in [0.3, 0.4) is 0 Å². The predicted molar refractivity (Wildman–Crippen MR) is 125 cm³/mol. The van der Waals surface area contributed by atoms with E-state index in [1.54, 1.807) is 42.5 Å². The summed E-state index contributed by atoms with van der Waals surface area (Å²) in [6.07, 6.45) is 12.3. The molecule has 0 atom stereocenters. The Morgan fingerprint density at radius 3 is 1.90 bits per heavy atom. The van der Waals surface area contributed by atoms with Crippen molar-refractivity contribution in [1.82, 2.24) is 0 Å². The van der Waals surface area contributed by atoms with E-state index >= 15 is 0 Å². The molecule has 0 fully saturated rings. The largest absolute Gasteiger partial charge is 0.462 e. The van der Waals surface area contributed by atoms with Crippen molar-refractivity contribution in [3.05, 3.63) is 64.7 Å². The fourth-order valence-corrected chi connectivity index (χ4v) is 3.41. The number of hydrogen-bond donors (Lipinski definition) is 0. The number of carbonyl (C=O) groups is 2. The Kier molecular flexibility index (Phi) is 11.8. The third-order valence-electron chi connectivity index (χ3n) is 5.09. The molecule has 2 aromatic carbocycles. The van der Waals surface area contributed by atoms with Gasteiger partial charge < -0.3 is 9.47 Å². The molecule has 0 amide bonds. The van der Waals surface area contributed by atoms with Crippen molar-refractivity contribution in [1.29, 1.82) is 0 Å². The second-order valence-corrected chi connectivity index (χ2v) is 8.18. The van der Waals surface area contributed by atoms with Crippen molar-refractivity contribution in [3.8, 4) is 5.75 Å². The summed E-state index contributed by atoms with van der Waals surface area (Å²) in [4.78, 5) is 24.6. The van der Waals surface area contributed by atoms with Crippen LogP contribution in [-0.2, 0) is 4.74 Å². The molecule has 31 heavy (non-hydrogen) atoms. The Hall–Kier alpha value is -2.33. The number of rotatable bonds is 14. The van der Waals surface area contributed by atoms with Gasteiger partial charge in [0.2, 0.25) is 0 Å². The first kappa shape index (κ1) is 24.9. The van der Waals surface area contributed by atoms with E-state index in [0.29, 0.717) is 28.5 Å². The van der Waals surface area contributed by atoms with Crippen LogP contribution in [0.1, 0.15) is 91.8 Å². The highest BCUT2D eigenvalue weighted by Gasteiger charge is 2.13. The van der Waals surface area contributed by atoms with Crippen LogP contribution >= 0.6 is 11.6 Å². The third-order valence-corrected chi connectivity index (χ3v) is 5.34. The molecule has 0 bridgehead atoms. The molecule has 0 radical (unpaired) electrons. The summed E-state index contributed by atoms with van der Waals surface area (Å²) in [6, 6.07) is 12.9. The van der Waals surface area contributed by atoms with Crippen LogP contribution in [0.4, 0.5) is 0 Å². The van der Waals surface area contributed by atoms with Gasteiger partial charge in [0.05, 0.1) is 17.7 Å². The van der Waals surface area contributed by atoms with Gasteiger partial charge in [0.1, 0.15) is 5.75 Å². The molecule has 2 rings (SSSR count). The van der Waals surface area contributed by atoms with Gasteiger partial charge in [-0.2, -0.15) is 0 Å². The van der Waals surface area contributed by atoms with Crippen molar-refractivity contribution in [2.75, 3.05) is 6.61 Å². The highest BCUT2D eigenvalue weighted by molar-refractivity contribution is 6.30. The third kappa shape index (κ3) is 10.0. The summed E-state index contributed by atoms with van der Waals surface area (Å²) in [5.41, 5.74) is 0.640. The van der Waals surface area contributed by atoms with Crippen molar-refractivity contribution >= 4 is 23.5 Å². The Morgan fingerprint density at radius 1 is 0.742 bits per heavy atom. The molecule has 0 N–H and O–H groups in total. The van der Waals surface area contributed by atoms with Gasteiger partial charge in [-0.1, -0.05) is 82.4 Å². The molecule has 0 unspecified atom stereocenters. The number of benzene rings is 2. The Bertz CT molecular complexity index is 801. The number of ether oxygens (including phenoxy) is 2. The first-order chi connectivity index (χ1) is 15.1. The lowest BCUT2D eigenvalue weighted by atomic mass is 10.1. The second-order valence-electron chi connectivity index (χ2n) is 7.74. The van der Waals surface area contributed by atoms with Crippen LogP contribution < -0.4 is 4.74 Å². The average molecular weight is 445 g/mol. The fourth-order valence-electron chi connectivity index (χ4n) is 3.28. The molecule has 5 heteroatoms. The van der Waals surface area contributed by atoms with Gasteiger partial charge in [-0.15, -0.1) is 0 Å².